The molecule has 0 aromatic rings. The van der Waals surface area contributed by atoms with Gasteiger partial charge in [0.1, 0.15) is 0 Å². The molecule has 0 aliphatic heterocycles. The molecule has 0 heterocycles. The Morgan fingerprint density at radius 3 is 2.33 bits per heavy atom. The highest BCUT2D eigenvalue weighted by atomic mass is 35.7. The van der Waals surface area contributed by atoms with Crippen molar-refractivity contribution in [1.82, 2.24) is 4.72 Å². The summed E-state index contributed by atoms with van der Waals surface area (Å²) in [5.41, 5.74) is 0. The summed E-state index contributed by atoms with van der Waals surface area (Å²) in [6, 6.07) is 0. The molecular formula is C5H7ClF3NO4S. The zero-order chi connectivity index (χ0) is 12.1. The molecule has 1 amide bonds. The van der Waals surface area contributed by atoms with Gasteiger partial charge in [0, 0.05) is 17.1 Å². The van der Waals surface area contributed by atoms with Crippen molar-refractivity contribution >= 4 is 26.0 Å². The third-order valence-electron chi connectivity index (χ3n) is 1.04. The number of carbonyl (C=O) groups is 1. The van der Waals surface area contributed by atoms with Crippen LogP contribution in [0.5, 0.6) is 0 Å². The molecule has 0 aromatic heterocycles. The number of rotatable bonds is 4. The van der Waals surface area contributed by atoms with Gasteiger partial charge in [0.25, 0.3) is 0 Å². The summed E-state index contributed by atoms with van der Waals surface area (Å²) >= 11 is 0. The largest absolute Gasteiger partial charge is 0.449 e. The Labute approximate surface area is 88.1 Å². The van der Waals surface area contributed by atoms with E-state index in [9.17, 15) is 26.4 Å². The normalized spacial score (nSPS) is 12.3. The van der Waals surface area contributed by atoms with Crippen LogP contribution in [0.1, 0.15) is 12.8 Å². The van der Waals surface area contributed by atoms with E-state index in [4.69, 9.17) is 0 Å². The first-order chi connectivity index (χ1) is 6.60. The highest BCUT2D eigenvalue weighted by molar-refractivity contribution is 8.12. The van der Waals surface area contributed by atoms with Gasteiger partial charge in [-0.05, 0) is 6.42 Å². The van der Waals surface area contributed by atoms with Gasteiger partial charge in [0.15, 0.2) is 0 Å². The van der Waals surface area contributed by atoms with Crippen LogP contribution in [0.25, 0.3) is 0 Å². The quantitative estimate of drug-likeness (QED) is 0.621. The monoisotopic (exact) mass is 269 g/mol. The number of ether oxygens (including phenoxy) is 1. The maximum atomic E-state index is 11.6. The molecule has 0 rings (SSSR count). The number of carbonyl (C=O) groups excluding carboxylic acids is 1. The van der Waals surface area contributed by atoms with E-state index in [0.717, 1.165) is 0 Å². The van der Waals surface area contributed by atoms with Gasteiger partial charge < -0.3 is 4.74 Å². The molecule has 0 bridgehead atoms. The van der Waals surface area contributed by atoms with Crippen LogP contribution in [0, 0.1) is 0 Å². The SMILES string of the molecule is O=C(NS(=O)(=O)Cl)OCCCC(F)(F)F. The molecule has 0 aliphatic rings. The maximum Gasteiger partial charge on any atom is 0.421 e. The van der Waals surface area contributed by atoms with Crippen LogP contribution in [-0.4, -0.2) is 27.3 Å². The number of hydrogen-bond acceptors (Lipinski definition) is 4. The van der Waals surface area contributed by atoms with Crippen LogP contribution in [0.4, 0.5) is 18.0 Å². The molecule has 0 saturated carbocycles. The van der Waals surface area contributed by atoms with Gasteiger partial charge in [-0.15, -0.1) is 0 Å². The number of nitrogens with one attached hydrogen (secondary N) is 1. The summed E-state index contributed by atoms with van der Waals surface area (Å²) in [6.07, 6.45) is -7.31. The van der Waals surface area contributed by atoms with E-state index in [-0.39, 0.29) is 0 Å². The lowest BCUT2D eigenvalue weighted by molar-refractivity contribution is -0.137. The van der Waals surface area contributed by atoms with E-state index in [1.54, 1.807) is 0 Å². The van der Waals surface area contributed by atoms with Crippen LogP contribution in [-0.2, 0) is 14.0 Å². The summed E-state index contributed by atoms with van der Waals surface area (Å²) in [6.45, 7) is -0.544. The molecule has 10 heteroatoms. The Morgan fingerprint density at radius 1 is 1.40 bits per heavy atom. The molecule has 0 atom stereocenters. The first-order valence-corrected chi connectivity index (χ1v) is 5.87. The molecule has 0 aliphatic carbocycles. The number of halogens is 4. The summed E-state index contributed by atoms with van der Waals surface area (Å²) in [7, 11) is 0.330. The minimum absolute atomic E-state index is 0.445. The lowest BCUT2D eigenvalue weighted by Gasteiger charge is -2.06. The van der Waals surface area contributed by atoms with E-state index in [2.05, 4.69) is 15.4 Å². The molecule has 0 radical (unpaired) electrons. The molecular weight excluding hydrogens is 263 g/mol. The minimum Gasteiger partial charge on any atom is -0.449 e. The summed E-state index contributed by atoms with van der Waals surface area (Å²) in [5.74, 6) is 0. The Kier molecular flexibility index (Phi) is 5.15. The summed E-state index contributed by atoms with van der Waals surface area (Å²) < 4.78 is 60.5. The van der Waals surface area contributed by atoms with E-state index >= 15 is 0 Å². The molecule has 15 heavy (non-hydrogen) atoms. The maximum absolute atomic E-state index is 11.6. The van der Waals surface area contributed by atoms with Crippen molar-refractivity contribution in [2.24, 2.45) is 0 Å². The second-order valence-corrected chi connectivity index (χ2v) is 4.69. The van der Waals surface area contributed by atoms with Crippen molar-refractivity contribution < 1.29 is 31.1 Å². The van der Waals surface area contributed by atoms with E-state index < -0.39 is 41.0 Å². The van der Waals surface area contributed by atoms with Crippen LogP contribution in [0.2, 0.25) is 0 Å². The van der Waals surface area contributed by atoms with Gasteiger partial charge in [-0.2, -0.15) is 21.6 Å². The first-order valence-electron chi connectivity index (χ1n) is 3.56. The Bertz CT molecular complexity index is 315. The fraction of sp³-hybridized carbons (Fsp3) is 0.800. The Balaban J connectivity index is 3.66. The fourth-order valence-electron chi connectivity index (χ4n) is 0.566. The summed E-state index contributed by atoms with van der Waals surface area (Å²) in [5, 5.41) is 0. The minimum atomic E-state index is -4.33. The fourth-order valence-corrected chi connectivity index (χ4v) is 1.01. The standard InChI is InChI=1S/C5H7ClF3NO4S/c6-15(12,13)10-4(11)14-3-1-2-5(7,8)9/h1-3H2,(H,10,11). The number of alkyl halides is 3. The second kappa shape index (κ2) is 5.40. The lowest BCUT2D eigenvalue weighted by atomic mass is 10.3. The Morgan fingerprint density at radius 2 is 1.93 bits per heavy atom. The molecule has 5 nitrogen and oxygen atoms in total. The van der Waals surface area contributed by atoms with Gasteiger partial charge in [-0.1, -0.05) is 0 Å². The van der Waals surface area contributed by atoms with Crippen LogP contribution < -0.4 is 4.72 Å². The van der Waals surface area contributed by atoms with Crippen molar-refractivity contribution in [1.29, 1.82) is 0 Å². The van der Waals surface area contributed by atoms with Gasteiger partial charge in [0.2, 0.25) is 0 Å². The number of hydrogen-bond donors (Lipinski definition) is 1. The van der Waals surface area contributed by atoms with Crippen molar-refractivity contribution in [3.05, 3.63) is 0 Å². The van der Waals surface area contributed by atoms with E-state index in [1.165, 1.54) is 4.72 Å². The van der Waals surface area contributed by atoms with Gasteiger partial charge in [-0.3, -0.25) is 0 Å². The predicted molar refractivity (Wildman–Crippen MR) is 44.5 cm³/mol. The molecule has 0 saturated heterocycles. The van der Waals surface area contributed by atoms with Gasteiger partial charge >= 0.3 is 21.5 Å². The average molecular weight is 270 g/mol. The van der Waals surface area contributed by atoms with Crippen molar-refractivity contribution in [2.75, 3.05) is 6.61 Å². The predicted octanol–water partition coefficient (Wildman–Crippen LogP) is 1.54. The molecule has 0 fully saturated rings. The highest BCUT2D eigenvalue weighted by Crippen LogP contribution is 2.20. The first kappa shape index (κ1) is 14.3. The highest BCUT2D eigenvalue weighted by Gasteiger charge is 2.26. The molecule has 90 valence electrons. The topological polar surface area (TPSA) is 72.5 Å². The van der Waals surface area contributed by atoms with Crippen molar-refractivity contribution in [2.45, 2.75) is 19.0 Å². The van der Waals surface area contributed by atoms with Crippen molar-refractivity contribution in [3.63, 3.8) is 0 Å². The smallest absolute Gasteiger partial charge is 0.421 e. The van der Waals surface area contributed by atoms with Gasteiger partial charge in [0.05, 0.1) is 6.61 Å². The second-order valence-electron chi connectivity index (χ2n) is 2.39. The molecule has 0 aromatic carbocycles. The van der Waals surface area contributed by atoms with Crippen LogP contribution in [0.15, 0.2) is 0 Å². The van der Waals surface area contributed by atoms with Crippen molar-refractivity contribution in [3.8, 4) is 0 Å². The zero-order valence-corrected chi connectivity index (χ0v) is 8.75. The zero-order valence-electron chi connectivity index (χ0n) is 7.17. The third-order valence-corrected chi connectivity index (χ3v) is 1.68. The lowest BCUT2D eigenvalue weighted by Crippen LogP contribution is -2.27. The van der Waals surface area contributed by atoms with Gasteiger partial charge in [-0.25, -0.2) is 9.52 Å². The molecule has 1 N–H and O–H groups in total. The molecule has 0 spiro atoms. The van der Waals surface area contributed by atoms with Crippen LogP contribution >= 0.6 is 10.7 Å². The summed E-state index contributed by atoms with van der Waals surface area (Å²) in [4.78, 5) is 10.5. The number of amides is 1. The third kappa shape index (κ3) is 11.2. The van der Waals surface area contributed by atoms with E-state index in [1.807, 2.05) is 0 Å². The average Bonchev–Trinajstić information content (AvgIpc) is 1.92. The van der Waals surface area contributed by atoms with Crippen LogP contribution in [0.3, 0.4) is 0 Å². The molecule has 0 unspecified atom stereocenters. The Hall–Kier alpha value is -0.700. The van der Waals surface area contributed by atoms with E-state index in [0.29, 0.717) is 0 Å².